The van der Waals surface area contributed by atoms with Gasteiger partial charge in [0.15, 0.2) is 12.3 Å². The summed E-state index contributed by atoms with van der Waals surface area (Å²) >= 11 is 0. The third kappa shape index (κ3) is 5.07. The number of hydrogen-bond acceptors (Lipinski definition) is 6. The second kappa shape index (κ2) is 9.58. The Morgan fingerprint density at radius 2 is 1.75 bits per heavy atom. The average Bonchev–Trinajstić information content (AvgIpc) is 3.31. The van der Waals surface area contributed by atoms with Gasteiger partial charge in [0.1, 0.15) is 11.4 Å². The van der Waals surface area contributed by atoms with Crippen LogP contribution < -0.4 is 10.1 Å². The summed E-state index contributed by atoms with van der Waals surface area (Å²) in [5.41, 5.74) is 4.79. The molecule has 5 rings (SSSR count). The van der Waals surface area contributed by atoms with E-state index in [9.17, 15) is 4.79 Å². The highest BCUT2D eigenvalue weighted by Crippen LogP contribution is 2.25. The Morgan fingerprint density at radius 1 is 0.917 bits per heavy atom. The minimum atomic E-state index is -0.244. The number of nitrogens with zero attached hydrogens (tertiary/aromatic N) is 5. The van der Waals surface area contributed by atoms with E-state index in [1.807, 2.05) is 78.9 Å². The van der Waals surface area contributed by atoms with E-state index in [-0.39, 0.29) is 17.9 Å². The van der Waals surface area contributed by atoms with Gasteiger partial charge in [0, 0.05) is 17.4 Å². The number of benzene rings is 2. The molecule has 0 unspecified atom stereocenters. The molecule has 0 aliphatic carbocycles. The topological polar surface area (TPSA) is 94.3 Å². The Bertz CT molecular complexity index is 1510. The van der Waals surface area contributed by atoms with Crippen LogP contribution in [0.1, 0.15) is 26.3 Å². The molecule has 1 amide bonds. The quantitative estimate of drug-likeness (QED) is 0.362. The minimum absolute atomic E-state index is 0.0642. The average molecular weight is 479 g/mol. The van der Waals surface area contributed by atoms with E-state index < -0.39 is 0 Å². The van der Waals surface area contributed by atoms with Crippen LogP contribution in [0.25, 0.3) is 28.4 Å². The Balaban J connectivity index is 1.29. The number of amides is 1. The summed E-state index contributed by atoms with van der Waals surface area (Å²) in [5, 5.41) is 16.0. The Morgan fingerprint density at radius 3 is 2.50 bits per heavy atom. The number of nitrogens with one attached hydrogen (secondary N) is 1. The third-order valence-electron chi connectivity index (χ3n) is 5.69. The highest BCUT2D eigenvalue weighted by atomic mass is 16.5. The Hall–Kier alpha value is -4.59. The lowest BCUT2D eigenvalue weighted by Crippen LogP contribution is -2.20. The molecule has 0 spiro atoms. The smallest absolute Gasteiger partial charge is 0.262 e. The minimum Gasteiger partial charge on any atom is -0.484 e. The Labute approximate surface area is 209 Å². The predicted molar refractivity (Wildman–Crippen MR) is 139 cm³/mol. The van der Waals surface area contributed by atoms with Crippen LogP contribution in [0.3, 0.4) is 0 Å². The number of hydrogen-bond donors (Lipinski definition) is 1. The molecule has 0 aliphatic rings. The summed E-state index contributed by atoms with van der Waals surface area (Å²) < 4.78 is 7.34. The first kappa shape index (κ1) is 23.2. The SMILES string of the molecule is CC(C)(C)c1ccc(OCC(=O)Nc2cccc(-c3ccc4nnc(-c5ccccn5)n4n3)c2)cc1. The number of rotatable bonds is 6. The maximum atomic E-state index is 12.5. The summed E-state index contributed by atoms with van der Waals surface area (Å²) in [7, 11) is 0. The van der Waals surface area contributed by atoms with Crippen molar-refractivity contribution in [3.8, 4) is 28.5 Å². The maximum absolute atomic E-state index is 12.5. The van der Waals surface area contributed by atoms with E-state index in [0.717, 1.165) is 5.56 Å². The monoisotopic (exact) mass is 478 g/mol. The summed E-state index contributed by atoms with van der Waals surface area (Å²) in [6.45, 7) is 6.38. The molecule has 8 heteroatoms. The van der Waals surface area contributed by atoms with Crippen molar-refractivity contribution in [2.75, 3.05) is 11.9 Å². The van der Waals surface area contributed by atoms with Crippen LogP contribution in [0, 0.1) is 0 Å². The van der Waals surface area contributed by atoms with Crippen LogP contribution in [-0.4, -0.2) is 37.3 Å². The number of aromatic nitrogens is 5. The fraction of sp³-hybridized carbons (Fsp3) is 0.179. The van der Waals surface area contributed by atoms with Crippen molar-refractivity contribution in [3.05, 3.63) is 90.6 Å². The summed E-state index contributed by atoms with van der Waals surface area (Å²) in [6, 6.07) is 24.7. The fourth-order valence-corrected chi connectivity index (χ4v) is 3.75. The number of fused-ring (bicyclic) bond motifs is 1. The van der Waals surface area contributed by atoms with Crippen molar-refractivity contribution in [1.29, 1.82) is 0 Å². The van der Waals surface area contributed by atoms with Crippen molar-refractivity contribution in [2.24, 2.45) is 0 Å². The molecule has 0 bridgehead atoms. The molecule has 0 aliphatic heterocycles. The van der Waals surface area contributed by atoms with Gasteiger partial charge in [0.25, 0.3) is 5.91 Å². The predicted octanol–water partition coefficient (Wildman–Crippen LogP) is 5.17. The first-order valence-electron chi connectivity index (χ1n) is 11.6. The lowest BCUT2D eigenvalue weighted by atomic mass is 9.87. The van der Waals surface area contributed by atoms with Gasteiger partial charge in [-0.15, -0.1) is 10.2 Å². The standard InChI is InChI=1S/C28H26N6O2/c1-28(2,3)20-10-12-22(13-11-20)36-18-26(35)30-21-8-6-7-19(17-21)23-14-15-25-31-32-27(34(25)33-23)24-9-4-5-16-29-24/h4-17H,18H2,1-3H3,(H,30,35). The van der Waals surface area contributed by atoms with Crippen molar-refractivity contribution in [1.82, 2.24) is 24.8 Å². The zero-order chi connectivity index (χ0) is 25.1. The molecule has 3 heterocycles. The van der Waals surface area contributed by atoms with Gasteiger partial charge in [0.2, 0.25) is 5.82 Å². The molecule has 0 radical (unpaired) electrons. The summed E-state index contributed by atoms with van der Waals surface area (Å²) in [6.07, 6.45) is 1.71. The van der Waals surface area contributed by atoms with E-state index >= 15 is 0 Å². The van der Waals surface area contributed by atoms with Crippen LogP contribution in [0.2, 0.25) is 0 Å². The van der Waals surface area contributed by atoms with Gasteiger partial charge in [-0.1, -0.05) is 51.1 Å². The van der Waals surface area contributed by atoms with Crippen LogP contribution in [-0.2, 0) is 10.2 Å². The molecule has 5 aromatic rings. The van der Waals surface area contributed by atoms with Gasteiger partial charge in [-0.05, 0) is 59.5 Å². The van der Waals surface area contributed by atoms with Crippen molar-refractivity contribution >= 4 is 17.2 Å². The number of anilines is 1. The van der Waals surface area contributed by atoms with Gasteiger partial charge in [0.05, 0.1) is 5.69 Å². The molecular formula is C28H26N6O2. The van der Waals surface area contributed by atoms with E-state index in [0.29, 0.717) is 34.3 Å². The van der Waals surface area contributed by atoms with Crippen LogP contribution in [0.5, 0.6) is 5.75 Å². The van der Waals surface area contributed by atoms with Crippen molar-refractivity contribution in [2.45, 2.75) is 26.2 Å². The molecule has 3 aromatic heterocycles. The van der Waals surface area contributed by atoms with Gasteiger partial charge < -0.3 is 10.1 Å². The van der Waals surface area contributed by atoms with Crippen molar-refractivity contribution in [3.63, 3.8) is 0 Å². The fourth-order valence-electron chi connectivity index (χ4n) is 3.75. The first-order chi connectivity index (χ1) is 17.4. The summed E-state index contributed by atoms with van der Waals surface area (Å²) in [5.74, 6) is 0.971. The van der Waals surface area contributed by atoms with E-state index in [1.165, 1.54) is 5.56 Å². The van der Waals surface area contributed by atoms with E-state index in [2.05, 4.69) is 41.3 Å². The van der Waals surface area contributed by atoms with Crippen LogP contribution in [0.15, 0.2) is 85.1 Å². The van der Waals surface area contributed by atoms with Crippen molar-refractivity contribution < 1.29 is 9.53 Å². The molecular weight excluding hydrogens is 452 g/mol. The highest BCUT2D eigenvalue weighted by molar-refractivity contribution is 5.92. The molecule has 180 valence electrons. The number of carbonyl (C=O) groups excluding carboxylic acids is 1. The maximum Gasteiger partial charge on any atom is 0.262 e. The second-order valence-electron chi connectivity index (χ2n) is 9.42. The van der Waals surface area contributed by atoms with Gasteiger partial charge >= 0.3 is 0 Å². The molecule has 0 saturated carbocycles. The second-order valence-corrected chi connectivity index (χ2v) is 9.42. The zero-order valence-corrected chi connectivity index (χ0v) is 20.3. The van der Waals surface area contributed by atoms with Gasteiger partial charge in [-0.2, -0.15) is 9.61 Å². The normalized spacial score (nSPS) is 11.4. The van der Waals surface area contributed by atoms with Crippen LogP contribution in [0.4, 0.5) is 5.69 Å². The van der Waals surface area contributed by atoms with Gasteiger partial charge in [-0.3, -0.25) is 9.78 Å². The lowest BCUT2D eigenvalue weighted by molar-refractivity contribution is -0.118. The molecule has 0 saturated heterocycles. The molecule has 1 N–H and O–H groups in total. The number of ether oxygens (including phenoxy) is 1. The summed E-state index contributed by atoms with van der Waals surface area (Å²) in [4.78, 5) is 16.9. The molecule has 0 fully saturated rings. The van der Waals surface area contributed by atoms with Crippen LogP contribution >= 0.6 is 0 Å². The molecule has 0 atom stereocenters. The molecule has 8 nitrogen and oxygen atoms in total. The molecule has 2 aromatic carbocycles. The first-order valence-corrected chi connectivity index (χ1v) is 11.6. The molecule has 36 heavy (non-hydrogen) atoms. The van der Waals surface area contributed by atoms with Gasteiger partial charge in [-0.25, -0.2) is 0 Å². The lowest BCUT2D eigenvalue weighted by Gasteiger charge is -2.19. The van der Waals surface area contributed by atoms with E-state index in [4.69, 9.17) is 9.84 Å². The zero-order valence-electron chi connectivity index (χ0n) is 20.3. The van der Waals surface area contributed by atoms with E-state index in [1.54, 1.807) is 10.7 Å². The third-order valence-corrected chi connectivity index (χ3v) is 5.69. The highest BCUT2D eigenvalue weighted by Gasteiger charge is 2.14. The number of pyridine rings is 1. The number of carbonyl (C=O) groups is 1. The Kier molecular flexibility index (Phi) is 6.16. The largest absolute Gasteiger partial charge is 0.484 e.